The van der Waals surface area contributed by atoms with Crippen molar-refractivity contribution in [1.82, 2.24) is 5.32 Å². The second-order valence-electron chi connectivity index (χ2n) is 5.09. The molecule has 9 heteroatoms. The molecule has 0 aromatic heterocycles. The average Bonchev–Trinajstić information content (AvgIpc) is 2.34. The zero-order chi connectivity index (χ0) is 16.6. The molecule has 8 N–H and O–H groups in total. The number of carboxylic acid groups (broad SMARTS) is 2. The molecular formula is C12H23N3O6. The molecule has 21 heavy (non-hydrogen) atoms. The number of aliphatic carboxylic acids is 2. The van der Waals surface area contributed by atoms with Gasteiger partial charge >= 0.3 is 11.9 Å². The van der Waals surface area contributed by atoms with Gasteiger partial charge in [-0.1, -0.05) is 0 Å². The summed E-state index contributed by atoms with van der Waals surface area (Å²) < 4.78 is 0. The summed E-state index contributed by atoms with van der Waals surface area (Å²) in [6.07, 6.45) is 0.565. The van der Waals surface area contributed by atoms with E-state index in [-0.39, 0.29) is 6.42 Å². The number of hydrogen-bond donors (Lipinski definition) is 6. The fraction of sp³-hybridized carbons (Fsp3) is 0.750. The van der Waals surface area contributed by atoms with Gasteiger partial charge in [0.05, 0.1) is 12.0 Å². The van der Waals surface area contributed by atoms with Crippen LogP contribution in [0.15, 0.2) is 0 Å². The van der Waals surface area contributed by atoms with Gasteiger partial charge in [0.25, 0.3) is 0 Å². The van der Waals surface area contributed by atoms with Crippen molar-refractivity contribution in [3.05, 3.63) is 0 Å². The van der Waals surface area contributed by atoms with Crippen LogP contribution >= 0.6 is 0 Å². The highest BCUT2D eigenvalue weighted by molar-refractivity contribution is 5.88. The number of rotatable bonds is 10. The predicted octanol–water partition coefficient (Wildman–Crippen LogP) is -1.76. The number of carbonyl (C=O) groups is 3. The maximum atomic E-state index is 11.8. The molecule has 0 aromatic rings. The van der Waals surface area contributed by atoms with Crippen molar-refractivity contribution in [2.24, 2.45) is 11.5 Å². The standard InChI is InChI=1S/C12H23N3O6/c1-12(21,6-8(16)17)9(14)10(18)15-7(11(19)20)4-2-3-5-13/h7,9,21H,2-6,13-14H2,1H3,(H,15,18)(H,16,17)(H,19,20)/t7-,9+,12?/m0/s1. The first-order chi connectivity index (χ1) is 9.61. The molecule has 0 saturated carbocycles. The topological polar surface area (TPSA) is 176 Å². The third-order valence-corrected chi connectivity index (χ3v) is 3.02. The van der Waals surface area contributed by atoms with E-state index in [1.54, 1.807) is 0 Å². The van der Waals surface area contributed by atoms with Crippen molar-refractivity contribution in [2.75, 3.05) is 6.54 Å². The van der Waals surface area contributed by atoms with E-state index >= 15 is 0 Å². The molecule has 0 aromatic carbocycles. The van der Waals surface area contributed by atoms with Gasteiger partial charge in [-0.25, -0.2) is 4.79 Å². The molecule has 0 fully saturated rings. The Morgan fingerprint density at radius 3 is 2.24 bits per heavy atom. The van der Waals surface area contributed by atoms with Crippen molar-refractivity contribution in [3.8, 4) is 0 Å². The van der Waals surface area contributed by atoms with Gasteiger partial charge in [0.1, 0.15) is 12.1 Å². The zero-order valence-electron chi connectivity index (χ0n) is 11.9. The van der Waals surface area contributed by atoms with Gasteiger partial charge in [-0.05, 0) is 32.7 Å². The molecule has 0 saturated heterocycles. The summed E-state index contributed by atoms with van der Waals surface area (Å²) in [5.41, 5.74) is 8.83. The second-order valence-corrected chi connectivity index (χ2v) is 5.09. The first-order valence-corrected chi connectivity index (χ1v) is 6.54. The lowest BCUT2D eigenvalue weighted by Gasteiger charge is -2.28. The van der Waals surface area contributed by atoms with Gasteiger partial charge in [0.2, 0.25) is 5.91 Å². The third kappa shape index (κ3) is 7.02. The Bertz CT molecular complexity index is 385. The van der Waals surface area contributed by atoms with E-state index < -0.39 is 42.0 Å². The van der Waals surface area contributed by atoms with Gasteiger partial charge in [-0.15, -0.1) is 0 Å². The summed E-state index contributed by atoms with van der Waals surface area (Å²) in [4.78, 5) is 33.5. The Labute approximate surface area is 122 Å². The highest BCUT2D eigenvalue weighted by Crippen LogP contribution is 2.14. The molecule has 0 bridgehead atoms. The van der Waals surface area contributed by atoms with Crippen LogP contribution in [0.4, 0.5) is 0 Å². The molecule has 0 rings (SSSR count). The molecule has 3 atom stereocenters. The number of carboxylic acids is 2. The van der Waals surface area contributed by atoms with Crippen LogP contribution in [0.25, 0.3) is 0 Å². The molecule has 0 aliphatic heterocycles. The number of nitrogens with one attached hydrogen (secondary N) is 1. The number of hydrogen-bond acceptors (Lipinski definition) is 6. The lowest BCUT2D eigenvalue weighted by atomic mass is 9.92. The van der Waals surface area contributed by atoms with E-state index in [2.05, 4.69) is 5.32 Å². The fourth-order valence-corrected chi connectivity index (χ4v) is 1.71. The summed E-state index contributed by atoms with van der Waals surface area (Å²) in [6, 6.07) is -2.71. The van der Waals surface area contributed by atoms with Crippen LogP contribution in [0.3, 0.4) is 0 Å². The SMILES string of the molecule is CC(O)(CC(=O)O)[C@H](N)C(=O)N[C@@H](CCCCN)C(=O)O. The third-order valence-electron chi connectivity index (χ3n) is 3.02. The minimum absolute atomic E-state index is 0.173. The molecule has 0 heterocycles. The Morgan fingerprint density at radius 1 is 1.24 bits per heavy atom. The number of aliphatic hydroxyl groups is 1. The van der Waals surface area contributed by atoms with Gasteiger partial charge in [-0.3, -0.25) is 9.59 Å². The Balaban J connectivity index is 4.67. The van der Waals surface area contributed by atoms with E-state index in [1.165, 1.54) is 0 Å². The maximum absolute atomic E-state index is 11.8. The summed E-state index contributed by atoms with van der Waals surface area (Å²) in [6.45, 7) is 1.52. The smallest absolute Gasteiger partial charge is 0.326 e. The first-order valence-electron chi connectivity index (χ1n) is 6.54. The van der Waals surface area contributed by atoms with Crippen molar-refractivity contribution in [1.29, 1.82) is 0 Å². The van der Waals surface area contributed by atoms with Crippen LogP contribution in [0.5, 0.6) is 0 Å². The molecular weight excluding hydrogens is 282 g/mol. The molecule has 9 nitrogen and oxygen atoms in total. The Hall–Kier alpha value is -1.71. The monoisotopic (exact) mass is 305 g/mol. The number of carbonyl (C=O) groups excluding carboxylic acids is 1. The Morgan fingerprint density at radius 2 is 1.81 bits per heavy atom. The lowest BCUT2D eigenvalue weighted by Crippen LogP contribution is -2.58. The number of unbranched alkanes of at least 4 members (excludes halogenated alkanes) is 1. The van der Waals surface area contributed by atoms with Crippen LogP contribution in [0.1, 0.15) is 32.6 Å². The van der Waals surface area contributed by atoms with Crippen molar-refractivity contribution >= 4 is 17.8 Å². The molecule has 0 aliphatic carbocycles. The average molecular weight is 305 g/mol. The minimum Gasteiger partial charge on any atom is -0.481 e. The Kier molecular flexibility index (Phi) is 7.85. The van der Waals surface area contributed by atoms with E-state index in [9.17, 15) is 19.5 Å². The number of amides is 1. The van der Waals surface area contributed by atoms with Gasteiger partial charge in [-0.2, -0.15) is 0 Å². The first kappa shape index (κ1) is 19.3. The van der Waals surface area contributed by atoms with Gasteiger partial charge in [0, 0.05) is 0 Å². The molecule has 0 spiro atoms. The van der Waals surface area contributed by atoms with E-state index in [4.69, 9.17) is 21.7 Å². The molecule has 1 amide bonds. The highest BCUT2D eigenvalue weighted by Gasteiger charge is 2.37. The highest BCUT2D eigenvalue weighted by atomic mass is 16.4. The van der Waals surface area contributed by atoms with Gasteiger partial charge < -0.3 is 32.1 Å². The largest absolute Gasteiger partial charge is 0.481 e. The van der Waals surface area contributed by atoms with E-state index in [0.29, 0.717) is 19.4 Å². The molecule has 0 aliphatic rings. The summed E-state index contributed by atoms with van der Waals surface area (Å²) in [5.74, 6) is -3.46. The van der Waals surface area contributed by atoms with Crippen molar-refractivity contribution in [2.45, 2.75) is 50.3 Å². The predicted molar refractivity (Wildman–Crippen MR) is 73.3 cm³/mol. The summed E-state index contributed by atoms with van der Waals surface area (Å²) in [5, 5.41) is 29.7. The van der Waals surface area contributed by atoms with Crippen LogP contribution in [0.2, 0.25) is 0 Å². The normalized spacial score (nSPS) is 16.6. The minimum atomic E-state index is -1.98. The van der Waals surface area contributed by atoms with Crippen LogP contribution < -0.4 is 16.8 Å². The van der Waals surface area contributed by atoms with Crippen molar-refractivity contribution < 1.29 is 29.7 Å². The molecule has 1 unspecified atom stereocenters. The van der Waals surface area contributed by atoms with Crippen LogP contribution in [-0.4, -0.2) is 57.4 Å². The number of nitrogens with two attached hydrogens (primary N) is 2. The summed E-state index contributed by atoms with van der Waals surface area (Å²) in [7, 11) is 0. The second kappa shape index (κ2) is 8.55. The maximum Gasteiger partial charge on any atom is 0.326 e. The van der Waals surface area contributed by atoms with E-state index in [0.717, 1.165) is 6.92 Å². The van der Waals surface area contributed by atoms with E-state index in [1.807, 2.05) is 0 Å². The van der Waals surface area contributed by atoms with Crippen LogP contribution in [0, 0.1) is 0 Å². The van der Waals surface area contributed by atoms with Gasteiger partial charge in [0.15, 0.2) is 0 Å². The quantitative estimate of drug-likeness (QED) is 0.257. The summed E-state index contributed by atoms with van der Waals surface area (Å²) >= 11 is 0. The molecule has 0 radical (unpaired) electrons. The van der Waals surface area contributed by atoms with Crippen LogP contribution in [-0.2, 0) is 14.4 Å². The molecule has 122 valence electrons. The fourth-order valence-electron chi connectivity index (χ4n) is 1.71. The zero-order valence-corrected chi connectivity index (χ0v) is 11.9. The lowest BCUT2D eigenvalue weighted by molar-refractivity contribution is -0.147. The van der Waals surface area contributed by atoms with Crippen molar-refractivity contribution in [3.63, 3.8) is 0 Å².